The lowest BCUT2D eigenvalue weighted by molar-refractivity contribution is 0.314. The van der Waals surface area contributed by atoms with Crippen LogP contribution in [0.25, 0.3) is 0 Å². The molecule has 0 aliphatic heterocycles. The van der Waals surface area contributed by atoms with E-state index in [1.54, 1.807) is 11.3 Å². The Hall–Kier alpha value is -1.55. The van der Waals surface area contributed by atoms with Gasteiger partial charge >= 0.3 is 0 Å². The highest BCUT2D eigenvalue weighted by Crippen LogP contribution is 2.27. The van der Waals surface area contributed by atoms with Crippen LogP contribution in [-0.4, -0.2) is 11.6 Å². The van der Waals surface area contributed by atoms with Crippen LogP contribution in [0.4, 0.5) is 5.13 Å². The summed E-state index contributed by atoms with van der Waals surface area (Å²) in [6.45, 7) is 4.86. The summed E-state index contributed by atoms with van der Waals surface area (Å²) < 4.78 is 5.76. The average molecular weight is 262 g/mol. The Balaban J connectivity index is 2.20. The van der Waals surface area contributed by atoms with Crippen molar-refractivity contribution in [3.8, 4) is 5.75 Å². The van der Waals surface area contributed by atoms with Crippen molar-refractivity contribution in [2.24, 2.45) is 0 Å². The highest BCUT2D eigenvalue weighted by Gasteiger charge is 2.09. The molecule has 1 aromatic heterocycles. The second-order valence-corrected chi connectivity index (χ2v) is 5.31. The molecule has 18 heavy (non-hydrogen) atoms. The second-order valence-electron chi connectivity index (χ2n) is 4.19. The van der Waals surface area contributed by atoms with E-state index in [0.29, 0.717) is 5.13 Å². The van der Waals surface area contributed by atoms with Gasteiger partial charge in [0.05, 0.1) is 12.3 Å². The van der Waals surface area contributed by atoms with Crippen molar-refractivity contribution >= 4 is 16.5 Å². The maximum absolute atomic E-state index is 5.76. The molecular formula is C14H18N2OS. The Morgan fingerprint density at radius 1 is 1.33 bits per heavy atom. The van der Waals surface area contributed by atoms with E-state index in [0.717, 1.165) is 30.9 Å². The molecule has 1 aromatic carbocycles. The largest absolute Gasteiger partial charge is 0.493 e. The summed E-state index contributed by atoms with van der Waals surface area (Å²) in [5, 5.41) is 0.634. The number of rotatable bonds is 5. The van der Waals surface area contributed by atoms with Crippen molar-refractivity contribution in [1.29, 1.82) is 0 Å². The average Bonchev–Trinajstić information content (AvgIpc) is 2.67. The van der Waals surface area contributed by atoms with E-state index in [-0.39, 0.29) is 0 Å². The number of ether oxygens (including phenoxy) is 1. The molecule has 1 heterocycles. The first-order valence-corrected chi connectivity index (χ1v) is 6.94. The zero-order valence-corrected chi connectivity index (χ0v) is 11.6. The topological polar surface area (TPSA) is 48.1 Å². The fourth-order valence-electron chi connectivity index (χ4n) is 1.79. The predicted molar refractivity (Wildman–Crippen MR) is 76.3 cm³/mol. The molecular weight excluding hydrogens is 244 g/mol. The minimum Gasteiger partial charge on any atom is -0.493 e. The fraction of sp³-hybridized carbons (Fsp3) is 0.357. The summed E-state index contributed by atoms with van der Waals surface area (Å²) in [6, 6.07) is 8.15. The molecule has 0 bridgehead atoms. The first-order chi connectivity index (χ1) is 8.70. The third-order valence-electron chi connectivity index (χ3n) is 2.69. The molecule has 2 rings (SSSR count). The maximum atomic E-state index is 5.76. The summed E-state index contributed by atoms with van der Waals surface area (Å²) in [5.74, 6) is 0.964. The molecule has 0 atom stereocenters. The molecule has 0 saturated heterocycles. The van der Waals surface area contributed by atoms with Gasteiger partial charge in [-0.05, 0) is 25.0 Å². The van der Waals surface area contributed by atoms with Gasteiger partial charge in [-0.25, -0.2) is 4.98 Å². The zero-order valence-electron chi connectivity index (χ0n) is 10.8. The van der Waals surface area contributed by atoms with E-state index < -0.39 is 0 Å². The Morgan fingerprint density at radius 3 is 2.78 bits per heavy atom. The van der Waals surface area contributed by atoms with Crippen LogP contribution >= 0.6 is 11.3 Å². The van der Waals surface area contributed by atoms with E-state index in [1.807, 2.05) is 25.1 Å². The summed E-state index contributed by atoms with van der Waals surface area (Å²) in [7, 11) is 0. The van der Waals surface area contributed by atoms with E-state index in [1.165, 1.54) is 10.4 Å². The van der Waals surface area contributed by atoms with Crippen LogP contribution in [0.1, 0.15) is 29.5 Å². The van der Waals surface area contributed by atoms with Crippen LogP contribution in [0.15, 0.2) is 24.3 Å². The van der Waals surface area contributed by atoms with Crippen LogP contribution in [0.5, 0.6) is 5.75 Å². The van der Waals surface area contributed by atoms with Gasteiger partial charge in [0.1, 0.15) is 5.75 Å². The smallest absolute Gasteiger partial charge is 0.180 e. The van der Waals surface area contributed by atoms with Gasteiger partial charge in [-0.2, -0.15) is 0 Å². The number of aromatic nitrogens is 1. The lowest BCUT2D eigenvalue weighted by atomic mass is 10.1. The monoisotopic (exact) mass is 262 g/mol. The molecule has 0 amide bonds. The van der Waals surface area contributed by atoms with Gasteiger partial charge in [0, 0.05) is 11.3 Å². The predicted octanol–water partition coefficient (Wildman–Crippen LogP) is 3.41. The maximum Gasteiger partial charge on any atom is 0.180 e. The van der Waals surface area contributed by atoms with Gasteiger partial charge in [0.25, 0.3) is 0 Å². The fourth-order valence-corrected chi connectivity index (χ4v) is 2.65. The number of nitrogen functional groups attached to an aromatic ring is 1. The highest BCUT2D eigenvalue weighted by molar-refractivity contribution is 7.15. The van der Waals surface area contributed by atoms with Crippen LogP contribution in [0.2, 0.25) is 0 Å². The van der Waals surface area contributed by atoms with Crippen molar-refractivity contribution in [2.75, 3.05) is 12.3 Å². The van der Waals surface area contributed by atoms with Gasteiger partial charge < -0.3 is 10.5 Å². The van der Waals surface area contributed by atoms with E-state index in [4.69, 9.17) is 10.5 Å². The van der Waals surface area contributed by atoms with E-state index >= 15 is 0 Å². The number of benzene rings is 1. The Bertz CT molecular complexity index is 522. The summed E-state index contributed by atoms with van der Waals surface area (Å²) in [5.41, 5.74) is 7.94. The minimum atomic E-state index is 0.634. The normalized spacial score (nSPS) is 10.6. The van der Waals surface area contributed by atoms with Gasteiger partial charge in [0.2, 0.25) is 0 Å². The van der Waals surface area contributed by atoms with Crippen LogP contribution in [0, 0.1) is 6.92 Å². The number of aryl methyl sites for hydroxylation is 1. The molecule has 96 valence electrons. The molecule has 0 aliphatic carbocycles. The number of hydrogen-bond acceptors (Lipinski definition) is 4. The lowest BCUT2D eigenvalue weighted by Crippen LogP contribution is -1.99. The quantitative estimate of drug-likeness (QED) is 0.898. The molecule has 0 radical (unpaired) electrons. The molecule has 3 nitrogen and oxygen atoms in total. The number of nitrogens with two attached hydrogens (primary N) is 1. The van der Waals surface area contributed by atoms with Crippen molar-refractivity contribution in [3.05, 3.63) is 40.4 Å². The molecule has 4 heteroatoms. The van der Waals surface area contributed by atoms with Crippen molar-refractivity contribution < 1.29 is 4.74 Å². The van der Waals surface area contributed by atoms with E-state index in [2.05, 4.69) is 18.0 Å². The molecule has 2 N–H and O–H groups in total. The Kier molecular flexibility index (Phi) is 4.20. The molecule has 0 unspecified atom stereocenters. The van der Waals surface area contributed by atoms with Gasteiger partial charge in [0.15, 0.2) is 5.13 Å². The Morgan fingerprint density at radius 2 is 2.11 bits per heavy atom. The first-order valence-electron chi connectivity index (χ1n) is 6.13. The minimum absolute atomic E-state index is 0.634. The number of anilines is 1. The Labute approximate surface area is 112 Å². The summed E-state index contributed by atoms with van der Waals surface area (Å²) in [4.78, 5) is 5.46. The zero-order chi connectivity index (χ0) is 13.0. The van der Waals surface area contributed by atoms with Gasteiger partial charge in [-0.15, -0.1) is 11.3 Å². The first kappa shape index (κ1) is 12.9. The van der Waals surface area contributed by atoms with Crippen molar-refractivity contribution in [1.82, 2.24) is 4.98 Å². The molecule has 0 aliphatic rings. The third-order valence-corrected chi connectivity index (χ3v) is 3.68. The van der Waals surface area contributed by atoms with E-state index in [9.17, 15) is 0 Å². The number of nitrogens with zero attached hydrogens (tertiary/aromatic N) is 1. The number of para-hydroxylation sites is 1. The van der Waals surface area contributed by atoms with Crippen LogP contribution in [0.3, 0.4) is 0 Å². The highest BCUT2D eigenvalue weighted by atomic mass is 32.1. The van der Waals surface area contributed by atoms with Crippen LogP contribution < -0.4 is 10.5 Å². The molecule has 0 saturated carbocycles. The molecule has 0 spiro atoms. The second kappa shape index (κ2) is 5.87. The van der Waals surface area contributed by atoms with Crippen molar-refractivity contribution in [3.63, 3.8) is 0 Å². The summed E-state index contributed by atoms with van der Waals surface area (Å²) in [6.07, 6.45) is 1.85. The van der Waals surface area contributed by atoms with Crippen molar-refractivity contribution in [2.45, 2.75) is 26.7 Å². The number of thiazole rings is 1. The third kappa shape index (κ3) is 3.01. The lowest BCUT2D eigenvalue weighted by Gasteiger charge is -2.10. The molecule has 2 aromatic rings. The summed E-state index contributed by atoms with van der Waals surface area (Å²) >= 11 is 1.55. The standard InChI is InChI=1S/C14H18N2OS/c1-3-8-17-12-7-5-4-6-11(12)9-13-10(2)16-14(15)18-13/h4-7H,3,8-9H2,1-2H3,(H2,15,16). The van der Waals surface area contributed by atoms with Gasteiger partial charge in [-0.1, -0.05) is 25.1 Å². The number of hydrogen-bond donors (Lipinski definition) is 1. The van der Waals surface area contributed by atoms with Crippen LogP contribution in [-0.2, 0) is 6.42 Å². The van der Waals surface area contributed by atoms with Gasteiger partial charge in [-0.3, -0.25) is 0 Å². The SMILES string of the molecule is CCCOc1ccccc1Cc1sc(N)nc1C. The molecule has 0 fully saturated rings.